The molecule has 0 aliphatic carbocycles. The predicted molar refractivity (Wildman–Crippen MR) is 116 cm³/mol. The zero-order chi connectivity index (χ0) is 19.0. The van der Waals surface area contributed by atoms with Gasteiger partial charge in [-0.1, -0.05) is 37.3 Å². The molecule has 0 N–H and O–H groups in total. The van der Waals surface area contributed by atoms with Crippen LogP contribution in [0.2, 0.25) is 20.5 Å². The summed E-state index contributed by atoms with van der Waals surface area (Å²) in [6.45, 7) is 8.93. The molecule has 1 aromatic carbocycles. The summed E-state index contributed by atoms with van der Waals surface area (Å²) in [7, 11) is 6.97. The Morgan fingerprint density at radius 3 is 2.44 bits per heavy atom. The average molecular weight is 357 g/mol. The second-order valence-electron chi connectivity index (χ2n) is 8.22. The van der Waals surface area contributed by atoms with Crippen molar-refractivity contribution in [3.05, 3.63) is 35.9 Å². The van der Waals surface area contributed by atoms with E-state index in [9.17, 15) is 0 Å². The number of rotatable bonds is 0. The van der Waals surface area contributed by atoms with Gasteiger partial charge in [-0.15, -0.1) is 0 Å². The van der Waals surface area contributed by atoms with Crippen molar-refractivity contribution in [2.24, 2.45) is 5.11 Å². The van der Waals surface area contributed by atoms with Crippen molar-refractivity contribution >= 4 is 46.4 Å². The Bertz CT molecular complexity index is 850. The van der Waals surface area contributed by atoms with Crippen molar-refractivity contribution in [1.82, 2.24) is 18.8 Å². The molecule has 7 nitrogen and oxygen atoms in total. The van der Waals surface area contributed by atoms with Crippen LogP contribution in [0.1, 0.15) is 0 Å². The zero-order valence-corrected chi connectivity index (χ0v) is 17.1. The summed E-state index contributed by atoms with van der Waals surface area (Å²) >= 11 is 0. The number of fused-ring (bicyclic) bond motifs is 7. The van der Waals surface area contributed by atoms with Crippen LogP contribution in [0, 0.1) is 0 Å². The van der Waals surface area contributed by atoms with Gasteiger partial charge in [-0.2, -0.15) is 0 Å². The molecule has 5 rings (SSSR count). The molecule has 2 fully saturated rings. The zero-order valence-electron chi connectivity index (χ0n) is 17.1. The SMILES string of the molecule is CB1N(C)B(C)N2B(N1C)N(C)B1C3=CCN=[N+]3c3ccccc3N1B2C. The number of nitrogens with zero attached hydrogens (tertiary/aromatic N) is 7. The van der Waals surface area contributed by atoms with Crippen LogP contribution in [0.15, 0.2) is 41.1 Å². The van der Waals surface area contributed by atoms with E-state index >= 15 is 0 Å². The van der Waals surface area contributed by atoms with Gasteiger partial charge >= 0.3 is 21.1 Å². The molecule has 0 atom stereocenters. The molecule has 1 aromatic rings. The van der Waals surface area contributed by atoms with E-state index in [0.717, 1.165) is 6.54 Å². The molecule has 4 heterocycles. The molecule has 134 valence electrons. The first kappa shape index (κ1) is 17.6. The average Bonchev–Trinajstić information content (AvgIpc) is 3.16. The van der Waals surface area contributed by atoms with Crippen molar-refractivity contribution < 1.29 is 4.70 Å². The number of azo groups is 2. The molecule has 0 bridgehead atoms. The lowest BCUT2D eigenvalue weighted by Gasteiger charge is -2.61. The van der Waals surface area contributed by atoms with Crippen LogP contribution in [0.4, 0.5) is 11.4 Å². The molecule has 12 heteroatoms. The molecular weight excluding hydrogens is 332 g/mol. The van der Waals surface area contributed by atoms with Gasteiger partial charge in [0.05, 0.1) is 5.69 Å². The Morgan fingerprint density at radius 1 is 0.926 bits per heavy atom. The minimum absolute atomic E-state index is 0.188. The second-order valence-corrected chi connectivity index (χ2v) is 8.22. The lowest BCUT2D eigenvalue weighted by atomic mass is 9.35. The normalized spacial score (nSPS) is 23.9. The third-order valence-corrected chi connectivity index (χ3v) is 7.10. The van der Waals surface area contributed by atoms with Crippen molar-refractivity contribution in [2.75, 3.05) is 32.4 Å². The fourth-order valence-electron chi connectivity index (χ4n) is 5.44. The first-order valence-corrected chi connectivity index (χ1v) is 9.91. The van der Waals surface area contributed by atoms with E-state index in [-0.39, 0.29) is 21.1 Å². The first-order valence-electron chi connectivity index (χ1n) is 9.91. The standard InChI is InChI=1S/C15H25B5N7/c1-16-22(4)17(2)27-18(3)26-14-10-8-7-9-13(14)25-15(11-12-21-25)19(26)24(6)20(27)23(16)5/h7-11H,12H2,1-6H3/q+1. The monoisotopic (exact) mass is 358 g/mol. The minimum atomic E-state index is 0.188. The maximum Gasteiger partial charge on any atom is 0.439 e. The Labute approximate surface area is 164 Å². The number of anilines is 1. The van der Waals surface area contributed by atoms with E-state index < -0.39 is 0 Å². The Balaban J connectivity index is 1.68. The summed E-state index contributed by atoms with van der Waals surface area (Å²) in [5.74, 6) is 0. The predicted octanol–water partition coefficient (Wildman–Crippen LogP) is 0.991. The van der Waals surface area contributed by atoms with Gasteiger partial charge in [-0.05, 0) is 32.3 Å². The van der Waals surface area contributed by atoms with Crippen LogP contribution in [-0.4, -0.2) is 86.2 Å². The summed E-state index contributed by atoms with van der Waals surface area (Å²) in [4.78, 5) is 0. The molecule has 0 saturated carbocycles. The van der Waals surface area contributed by atoms with E-state index in [1.165, 1.54) is 17.0 Å². The topological polar surface area (TPSA) is 31.6 Å². The van der Waals surface area contributed by atoms with Crippen molar-refractivity contribution in [1.29, 1.82) is 0 Å². The molecule has 0 spiro atoms. The number of para-hydroxylation sites is 2. The summed E-state index contributed by atoms with van der Waals surface area (Å²) in [5.41, 5.74) is 3.74. The van der Waals surface area contributed by atoms with Crippen LogP contribution >= 0.6 is 0 Å². The maximum atomic E-state index is 4.77. The van der Waals surface area contributed by atoms with Gasteiger partial charge in [0.15, 0.2) is 0 Å². The van der Waals surface area contributed by atoms with E-state index in [2.05, 4.69) is 100 Å². The van der Waals surface area contributed by atoms with Crippen LogP contribution < -0.4 is 4.72 Å². The van der Waals surface area contributed by atoms with Gasteiger partial charge in [-0.25, -0.2) is 0 Å². The number of hydrogen-bond donors (Lipinski definition) is 0. The number of hydrogen-bond acceptors (Lipinski definition) is 6. The molecule has 0 unspecified atom stereocenters. The van der Waals surface area contributed by atoms with Gasteiger partial charge in [0, 0.05) is 12.1 Å². The molecule has 0 amide bonds. The molecule has 4 aliphatic heterocycles. The maximum absolute atomic E-state index is 4.77. The van der Waals surface area contributed by atoms with Gasteiger partial charge in [0.2, 0.25) is 5.60 Å². The fraction of sp³-hybridized carbons (Fsp3) is 0.467. The van der Waals surface area contributed by atoms with Crippen molar-refractivity contribution in [2.45, 2.75) is 20.5 Å². The quantitative estimate of drug-likeness (QED) is 0.511. The van der Waals surface area contributed by atoms with Gasteiger partial charge in [0.25, 0.3) is 19.7 Å². The highest BCUT2D eigenvalue weighted by Gasteiger charge is 2.63. The fourth-order valence-corrected chi connectivity index (χ4v) is 5.44. The van der Waals surface area contributed by atoms with E-state index in [1.54, 1.807) is 0 Å². The largest absolute Gasteiger partial charge is 0.439 e. The molecule has 4 aliphatic rings. The molecule has 0 radical (unpaired) electrons. The van der Waals surface area contributed by atoms with E-state index in [4.69, 9.17) is 5.11 Å². The third kappa shape index (κ3) is 2.18. The molecule has 27 heavy (non-hydrogen) atoms. The second kappa shape index (κ2) is 6.01. The highest BCUT2D eigenvalue weighted by atomic mass is 15.4. The minimum Gasteiger partial charge on any atom is -0.421 e. The molecular formula is C15H25B5N7+. The van der Waals surface area contributed by atoms with E-state index in [1.807, 2.05) is 0 Å². The van der Waals surface area contributed by atoms with Crippen molar-refractivity contribution in [3.8, 4) is 0 Å². The highest BCUT2D eigenvalue weighted by molar-refractivity contribution is 7.03. The summed E-state index contributed by atoms with van der Waals surface area (Å²) in [6, 6.07) is 8.67. The number of benzene rings is 1. The van der Waals surface area contributed by atoms with Crippen LogP contribution in [-0.2, 0) is 0 Å². The Kier molecular flexibility index (Phi) is 3.92. The smallest absolute Gasteiger partial charge is 0.421 e. The van der Waals surface area contributed by atoms with Gasteiger partial charge < -0.3 is 23.5 Å². The first-order chi connectivity index (χ1) is 12.9. The van der Waals surface area contributed by atoms with Crippen LogP contribution in [0.25, 0.3) is 0 Å². The van der Waals surface area contributed by atoms with Gasteiger partial charge in [0.1, 0.15) is 6.54 Å². The van der Waals surface area contributed by atoms with E-state index in [0.29, 0.717) is 14.0 Å². The van der Waals surface area contributed by atoms with Crippen LogP contribution in [0.5, 0.6) is 0 Å². The summed E-state index contributed by atoms with van der Waals surface area (Å²) in [6.07, 6.45) is 2.29. The van der Waals surface area contributed by atoms with Crippen molar-refractivity contribution in [3.63, 3.8) is 0 Å². The summed E-state index contributed by atoms with van der Waals surface area (Å²) < 4.78 is 14.8. The Hall–Kier alpha value is -1.48. The molecule has 0 aromatic heterocycles. The molecule has 2 saturated heterocycles. The lowest BCUT2D eigenvalue weighted by molar-refractivity contribution is -0.445. The Morgan fingerprint density at radius 2 is 1.67 bits per heavy atom. The van der Waals surface area contributed by atoms with Gasteiger partial charge in [-0.3, -0.25) is 0 Å². The highest BCUT2D eigenvalue weighted by Crippen LogP contribution is 2.43. The summed E-state index contributed by atoms with van der Waals surface area (Å²) in [5, 5.41) is 4.77. The third-order valence-electron chi connectivity index (χ3n) is 7.10. The van der Waals surface area contributed by atoms with Crippen LogP contribution in [0.3, 0.4) is 0 Å². The lowest BCUT2D eigenvalue weighted by Crippen LogP contribution is -2.89.